The van der Waals surface area contributed by atoms with Crippen LogP contribution in [0.3, 0.4) is 0 Å². The number of benzene rings is 2. The van der Waals surface area contributed by atoms with Gasteiger partial charge in [-0.3, -0.25) is 15.1 Å². The van der Waals surface area contributed by atoms with Crippen LogP contribution >= 0.6 is 0 Å². The molecule has 0 radical (unpaired) electrons. The molecule has 2 N–H and O–H groups in total. The van der Waals surface area contributed by atoms with Crippen LogP contribution in [-0.4, -0.2) is 19.9 Å². The molecule has 0 amide bonds. The Balaban J connectivity index is 1.50. The average Bonchev–Trinajstić information content (AvgIpc) is 3.05. The molecule has 2 aromatic heterocycles. The van der Waals surface area contributed by atoms with E-state index in [4.69, 9.17) is 4.74 Å². The number of nitrogens with one attached hydrogen (secondary N) is 2. The Morgan fingerprint density at radius 2 is 1.73 bits per heavy atom. The number of hydrogen-bond acceptors (Lipinski definition) is 6. The molecule has 0 spiro atoms. The Morgan fingerprint density at radius 1 is 1.00 bits per heavy atom. The molecule has 128 valence electrons. The summed E-state index contributed by atoms with van der Waals surface area (Å²) in [6.45, 7) is 0. The quantitative estimate of drug-likeness (QED) is 0.409. The lowest BCUT2D eigenvalue weighted by atomic mass is 10.3. The largest absolute Gasteiger partial charge is 0.457 e. The van der Waals surface area contributed by atoms with Gasteiger partial charge in [-0.05, 0) is 42.5 Å². The van der Waals surface area contributed by atoms with Gasteiger partial charge in [0, 0.05) is 30.2 Å². The van der Waals surface area contributed by atoms with Crippen molar-refractivity contribution in [2.24, 2.45) is 0 Å². The highest BCUT2D eigenvalue weighted by molar-refractivity contribution is 5.80. The van der Waals surface area contributed by atoms with Crippen LogP contribution < -0.4 is 10.1 Å². The number of anilines is 2. The summed E-state index contributed by atoms with van der Waals surface area (Å²) in [5.74, 6) is 1.91. The molecule has 0 aliphatic carbocycles. The number of aromatic amines is 1. The molecule has 8 nitrogen and oxygen atoms in total. The third-order valence-corrected chi connectivity index (χ3v) is 3.68. The summed E-state index contributed by atoms with van der Waals surface area (Å²) in [6, 6.07) is 15.4. The van der Waals surface area contributed by atoms with E-state index in [2.05, 4.69) is 20.3 Å². The standard InChI is InChI=1S/C18H13N5O3/c24-23(25)13-3-6-16-17(11-13)22-18(21-16)20-12-1-4-14(5-2-12)26-15-7-9-19-10-8-15/h1-11H,(H2,20,21,22). The molecule has 4 rings (SSSR count). The SMILES string of the molecule is O=[N+]([O-])c1ccc2nc(Nc3ccc(Oc4ccncc4)cc3)[nH]c2c1. The van der Waals surface area contributed by atoms with Crippen LogP contribution in [0.25, 0.3) is 11.0 Å². The van der Waals surface area contributed by atoms with Gasteiger partial charge in [-0.25, -0.2) is 4.98 Å². The molecule has 0 saturated heterocycles. The van der Waals surface area contributed by atoms with Crippen LogP contribution in [0.5, 0.6) is 11.5 Å². The first-order valence-electron chi connectivity index (χ1n) is 7.76. The highest BCUT2D eigenvalue weighted by atomic mass is 16.6. The zero-order chi connectivity index (χ0) is 17.9. The smallest absolute Gasteiger partial charge is 0.271 e. The lowest BCUT2D eigenvalue weighted by Crippen LogP contribution is -1.92. The summed E-state index contributed by atoms with van der Waals surface area (Å²) in [5.41, 5.74) is 2.07. The lowest BCUT2D eigenvalue weighted by molar-refractivity contribution is -0.384. The predicted octanol–water partition coefficient (Wildman–Crippen LogP) is 4.40. The maximum atomic E-state index is 10.8. The van der Waals surface area contributed by atoms with E-state index in [9.17, 15) is 10.1 Å². The first kappa shape index (κ1) is 15.6. The third kappa shape index (κ3) is 3.29. The highest BCUT2D eigenvalue weighted by Gasteiger charge is 2.09. The molecule has 26 heavy (non-hydrogen) atoms. The highest BCUT2D eigenvalue weighted by Crippen LogP contribution is 2.25. The number of pyridine rings is 1. The van der Waals surface area contributed by atoms with Gasteiger partial charge in [-0.2, -0.15) is 0 Å². The fourth-order valence-electron chi connectivity index (χ4n) is 2.46. The van der Waals surface area contributed by atoms with Crippen LogP contribution in [0.15, 0.2) is 67.0 Å². The molecular weight excluding hydrogens is 334 g/mol. The molecule has 0 bridgehead atoms. The van der Waals surface area contributed by atoms with Crippen molar-refractivity contribution in [3.05, 3.63) is 77.1 Å². The Bertz CT molecular complexity index is 1060. The number of nitro groups is 1. The van der Waals surface area contributed by atoms with Crippen molar-refractivity contribution in [2.45, 2.75) is 0 Å². The number of rotatable bonds is 5. The van der Waals surface area contributed by atoms with Gasteiger partial charge in [0.15, 0.2) is 0 Å². The number of ether oxygens (including phenoxy) is 1. The van der Waals surface area contributed by atoms with Crippen LogP contribution in [0.1, 0.15) is 0 Å². The van der Waals surface area contributed by atoms with E-state index >= 15 is 0 Å². The van der Waals surface area contributed by atoms with Gasteiger partial charge in [0.25, 0.3) is 5.69 Å². The fourth-order valence-corrected chi connectivity index (χ4v) is 2.46. The van der Waals surface area contributed by atoms with Crippen LogP contribution in [0.4, 0.5) is 17.3 Å². The van der Waals surface area contributed by atoms with E-state index in [1.807, 2.05) is 24.3 Å². The number of imidazole rings is 1. The molecule has 0 unspecified atom stereocenters. The molecule has 0 aliphatic rings. The summed E-state index contributed by atoms with van der Waals surface area (Å²) in [5, 5.41) is 14.0. The normalized spacial score (nSPS) is 10.6. The van der Waals surface area contributed by atoms with Crippen molar-refractivity contribution in [3.63, 3.8) is 0 Å². The summed E-state index contributed by atoms with van der Waals surface area (Å²) in [6.07, 6.45) is 3.33. The van der Waals surface area contributed by atoms with Crippen molar-refractivity contribution in [1.29, 1.82) is 0 Å². The fraction of sp³-hybridized carbons (Fsp3) is 0. The zero-order valence-corrected chi connectivity index (χ0v) is 13.4. The lowest BCUT2D eigenvalue weighted by Gasteiger charge is -2.07. The molecule has 2 heterocycles. The maximum Gasteiger partial charge on any atom is 0.271 e. The number of aromatic nitrogens is 3. The number of H-pyrrole nitrogens is 1. The minimum atomic E-state index is -0.436. The first-order chi connectivity index (χ1) is 12.7. The number of non-ortho nitro benzene ring substituents is 1. The van der Waals surface area contributed by atoms with E-state index in [-0.39, 0.29) is 5.69 Å². The number of nitro benzene ring substituents is 1. The predicted molar refractivity (Wildman–Crippen MR) is 96.8 cm³/mol. The second kappa shape index (κ2) is 6.52. The summed E-state index contributed by atoms with van der Waals surface area (Å²) in [7, 11) is 0. The van der Waals surface area contributed by atoms with Gasteiger partial charge in [0.1, 0.15) is 11.5 Å². The van der Waals surface area contributed by atoms with E-state index in [1.54, 1.807) is 30.6 Å². The summed E-state index contributed by atoms with van der Waals surface area (Å²) >= 11 is 0. The second-order valence-corrected chi connectivity index (χ2v) is 5.48. The minimum absolute atomic E-state index is 0.0188. The minimum Gasteiger partial charge on any atom is -0.457 e. The van der Waals surface area contributed by atoms with Crippen molar-refractivity contribution < 1.29 is 9.66 Å². The van der Waals surface area contributed by atoms with Gasteiger partial charge in [0.2, 0.25) is 5.95 Å². The Labute approximate surface area is 147 Å². The summed E-state index contributed by atoms with van der Waals surface area (Å²) < 4.78 is 5.71. The molecule has 0 fully saturated rings. The molecule has 0 aliphatic heterocycles. The van der Waals surface area contributed by atoms with E-state index in [0.29, 0.717) is 28.5 Å². The average molecular weight is 347 g/mol. The van der Waals surface area contributed by atoms with Crippen LogP contribution in [-0.2, 0) is 0 Å². The first-order valence-corrected chi connectivity index (χ1v) is 7.76. The van der Waals surface area contributed by atoms with Crippen molar-refractivity contribution >= 4 is 28.4 Å². The molecule has 2 aromatic carbocycles. The van der Waals surface area contributed by atoms with E-state index in [1.165, 1.54) is 12.1 Å². The Morgan fingerprint density at radius 3 is 2.46 bits per heavy atom. The Hall–Kier alpha value is -3.94. The van der Waals surface area contributed by atoms with Crippen LogP contribution in [0.2, 0.25) is 0 Å². The monoisotopic (exact) mass is 347 g/mol. The van der Waals surface area contributed by atoms with Crippen LogP contribution in [0, 0.1) is 10.1 Å². The van der Waals surface area contributed by atoms with Gasteiger partial charge >= 0.3 is 0 Å². The number of fused-ring (bicyclic) bond motifs is 1. The van der Waals surface area contributed by atoms with Crippen molar-refractivity contribution in [1.82, 2.24) is 15.0 Å². The zero-order valence-electron chi connectivity index (χ0n) is 13.4. The molecular formula is C18H13N5O3. The molecule has 8 heteroatoms. The van der Waals surface area contributed by atoms with Gasteiger partial charge < -0.3 is 15.0 Å². The second-order valence-electron chi connectivity index (χ2n) is 5.48. The van der Waals surface area contributed by atoms with E-state index in [0.717, 1.165) is 5.69 Å². The topological polar surface area (TPSA) is 106 Å². The van der Waals surface area contributed by atoms with Gasteiger partial charge in [-0.15, -0.1) is 0 Å². The van der Waals surface area contributed by atoms with Gasteiger partial charge in [-0.1, -0.05) is 0 Å². The Kier molecular flexibility index (Phi) is 3.91. The van der Waals surface area contributed by atoms with Gasteiger partial charge in [0.05, 0.1) is 16.0 Å². The summed E-state index contributed by atoms with van der Waals surface area (Å²) in [4.78, 5) is 21.8. The van der Waals surface area contributed by atoms with E-state index < -0.39 is 4.92 Å². The molecule has 4 aromatic rings. The number of nitrogens with zero attached hydrogens (tertiary/aromatic N) is 3. The number of hydrogen-bond donors (Lipinski definition) is 2. The molecule has 0 atom stereocenters. The van der Waals surface area contributed by atoms with Crippen molar-refractivity contribution in [2.75, 3.05) is 5.32 Å². The molecule has 0 saturated carbocycles. The maximum absolute atomic E-state index is 10.8. The van der Waals surface area contributed by atoms with Crippen molar-refractivity contribution in [3.8, 4) is 11.5 Å². The third-order valence-electron chi connectivity index (χ3n) is 3.68.